The number of fused-ring (bicyclic) bond motifs is 1. The molecule has 0 fully saturated rings. The second-order valence-corrected chi connectivity index (χ2v) is 5.45. The molecule has 0 spiro atoms. The Bertz CT molecular complexity index is 777. The van der Waals surface area contributed by atoms with Gasteiger partial charge in [0.25, 0.3) is 0 Å². The van der Waals surface area contributed by atoms with Crippen LogP contribution in [0.15, 0.2) is 36.8 Å². The third kappa shape index (κ3) is 2.86. The number of nitrogens with zero attached hydrogens (tertiary/aromatic N) is 5. The average molecular weight is 296 g/mol. The highest BCUT2D eigenvalue weighted by atomic mass is 15.2. The Labute approximate surface area is 129 Å². The van der Waals surface area contributed by atoms with E-state index in [1.807, 2.05) is 62.7 Å². The summed E-state index contributed by atoms with van der Waals surface area (Å²) in [6, 6.07) is 6.01. The lowest BCUT2D eigenvalue weighted by molar-refractivity contribution is 0.916. The second-order valence-electron chi connectivity index (χ2n) is 5.45. The van der Waals surface area contributed by atoms with Crippen molar-refractivity contribution in [1.82, 2.24) is 19.4 Å². The number of hydrogen-bond donors (Lipinski definition) is 1. The van der Waals surface area contributed by atoms with E-state index in [1.54, 1.807) is 0 Å². The van der Waals surface area contributed by atoms with E-state index >= 15 is 0 Å². The quantitative estimate of drug-likeness (QED) is 0.782. The molecule has 0 aromatic carbocycles. The van der Waals surface area contributed by atoms with Gasteiger partial charge in [0, 0.05) is 56.9 Å². The van der Waals surface area contributed by atoms with Crippen molar-refractivity contribution in [1.29, 1.82) is 0 Å². The third-order valence-corrected chi connectivity index (χ3v) is 3.53. The molecule has 3 aromatic heterocycles. The molecule has 0 saturated heterocycles. The largest absolute Gasteiger partial charge is 0.362 e. The summed E-state index contributed by atoms with van der Waals surface area (Å²) in [6.45, 7) is 2.77. The average Bonchev–Trinajstić information content (AvgIpc) is 2.92. The number of rotatable bonds is 5. The van der Waals surface area contributed by atoms with Crippen molar-refractivity contribution in [3.05, 3.63) is 48.0 Å². The van der Waals surface area contributed by atoms with Crippen LogP contribution in [0.5, 0.6) is 0 Å². The zero-order chi connectivity index (χ0) is 15.5. The molecule has 3 heterocycles. The van der Waals surface area contributed by atoms with Crippen LogP contribution < -0.4 is 10.2 Å². The van der Waals surface area contributed by atoms with Crippen molar-refractivity contribution in [2.24, 2.45) is 0 Å². The van der Waals surface area contributed by atoms with Crippen LogP contribution in [-0.2, 0) is 6.42 Å². The fraction of sp³-hybridized carbons (Fsp3) is 0.312. The molecule has 0 aliphatic heterocycles. The molecule has 0 unspecified atom stereocenters. The number of imidazole rings is 1. The molecule has 0 atom stereocenters. The van der Waals surface area contributed by atoms with E-state index in [1.165, 1.54) is 5.69 Å². The van der Waals surface area contributed by atoms with Crippen LogP contribution in [0.3, 0.4) is 0 Å². The van der Waals surface area contributed by atoms with E-state index in [9.17, 15) is 0 Å². The van der Waals surface area contributed by atoms with Crippen LogP contribution in [-0.4, -0.2) is 40.0 Å². The van der Waals surface area contributed by atoms with Gasteiger partial charge in [-0.1, -0.05) is 6.07 Å². The fourth-order valence-electron chi connectivity index (χ4n) is 2.44. The lowest BCUT2D eigenvalue weighted by atomic mass is 10.3. The molecule has 0 saturated carbocycles. The highest BCUT2D eigenvalue weighted by Crippen LogP contribution is 2.15. The second kappa shape index (κ2) is 6.01. The van der Waals surface area contributed by atoms with Gasteiger partial charge < -0.3 is 14.6 Å². The van der Waals surface area contributed by atoms with E-state index in [0.717, 1.165) is 30.0 Å². The first-order valence-corrected chi connectivity index (χ1v) is 7.31. The summed E-state index contributed by atoms with van der Waals surface area (Å²) >= 11 is 0. The van der Waals surface area contributed by atoms with Crippen LogP contribution in [0.2, 0.25) is 0 Å². The zero-order valence-corrected chi connectivity index (χ0v) is 13.1. The predicted octanol–water partition coefficient (Wildman–Crippen LogP) is 2.15. The fourth-order valence-corrected chi connectivity index (χ4v) is 2.44. The first-order valence-electron chi connectivity index (χ1n) is 7.31. The van der Waals surface area contributed by atoms with Crippen molar-refractivity contribution in [2.75, 3.05) is 30.9 Å². The van der Waals surface area contributed by atoms with Gasteiger partial charge in [-0.15, -0.1) is 0 Å². The Hall–Kier alpha value is -2.63. The Balaban J connectivity index is 1.67. The highest BCUT2D eigenvalue weighted by Gasteiger charge is 2.06. The Morgan fingerprint density at radius 3 is 2.86 bits per heavy atom. The molecule has 0 aliphatic rings. The summed E-state index contributed by atoms with van der Waals surface area (Å²) in [5.41, 5.74) is 3.21. The van der Waals surface area contributed by atoms with Crippen LogP contribution in [0, 0.1) is 6.92 Å². The van der Waals surface area contributed by atoms with Gasteiger partial charge >= 0.3 is 0 Å². The van der Waals surface area contributed by atoms with Crippen molar-refractivity contribution in [3.63, 3.8) is 0 Å². The predicted molar refractivity (Wildman–Crippen MR) is 88.5 cm³/mol. The first kappa shape index (κ1) is 14.3. The lowest BCUT2D eigenvalue weighted by Crippen LogP contribution is -2.15. The first-order chi connectivity index (χ1) is 10.6. The SMILES string of the molecule is Cc1cnc(NCCc2cnc3ccccn23)nc1N(C)C. The van der Waals surface area contributed by atoms with Gasteiger partial charge in [-0.25, -0.2) is 9.97 Å². The third-order valence-electron chi connectivity index (χ3n) is 3.53. The van der Waals surface area contributed by atoms with Gasteiger partial charge in [-0.3, -0.25) is 0 Å². The number of pyridine rings is 1. The summed E-state index contributed by atoms with van der Waals surface area (Å²) in [4.78, 5) is 15.2. The van der Waals surface area contributed by atoms with Gasteiger partial charge in [0.05, 0.1) is 0 Å². The minimum absolute atomic E-state index is 0.656. The molecular formula is C16H20N6. The highest BCUT2D eigenvalue weighted by molar-refractivity contribution is 5.47. The number of anilines is 2. The van der Waals surface area contributed by atoms with Crippen molar-refractivity contribution in [3.8, 4) is 0 Å². The lowest BCUT2D eigenvalue weighted by Gasteiger charge is -2.15. The molecule has 0 bridgehead atoms. The maximum atomic E-state index is 4.53. The molecule has 6 heteroatoms. The van der Waals surface area contributed by atoms with Crippen molar-refractivity contribution < 1.29 is 0 Å². The summed E-state index contributed by atoms with van der Waals surface area (Å²) in [5, 5.41) is 3.28. The van der Waals surface area contributed by atoms with E-state index in [2.05, 4.69) is 24.7 Å². The molecule has 114 valence electrons. The van der Waals surface area contributed by atoms with E-state index in [4.69, 9.17) is 0 Å². The van der Waals surface area contributed by atoms with Gasteiger partial charge in [-0.2, -0.15) is 4.98 Å². The molecule has 3 aromatic rings. The molecular weight excluding hydrogens is 276 g/mol. The summed E-state index contributed by atoms with van der Waals surface area (Å²) in [6.07, 6.45) is 6.65. The Morgan fingerprint density at radius 2 is 2.05 bits per heavy atom. The Morgan fingerprint density at radius 1 is 1.18 bits per heavy atom. The number of aryl methyl sites for hydroxylation is 1. The molecule has 0 radical (unpaired) electrons. The van der Waals surface area contributed by atoms with Gasteiger partial charge in [0.1, 0.15) is 11.5 Å². The molecule has 0 amide bonds. The topological polar surface area (TPSA) is 58.4 Å². The summed E-state index contributed by atoms with van der Waals surface area (Å²) in [5.74, 6) is 1.59. The summed E-state index contributed by atoms with van der Waals surface area (Å²) in [7, 11) is 3.97. The Kier molecular flexibility index (Phi) is 3.91. The molecule has 1 N–H and O–H groups in total. The van der Waals surface area contributed by atoms with E-state index < -0.39 is 0 Å². The summed E-state index contributed by atoms with van der Waals surface area (Å²) < 4.78 is 2.10. The smallest absolute Gasteiger partial charge is 0.224 e. The van der Waals surface area contributed by atoms with E-state index in [0.29, 0.717) is 5.95 Å². The van der Waals surface area contributed by atoms with Crippen molar-refractivity contribution in [2.45, 2.75) is 13.3 Å². The van der Waals surface area contributed by atoms with Gasteiger partial charge in [-0.05, 0) is 19.1 Å². The van der Waals surface area contributed by atoms with E-state index in [-0.39, 0.29) is 0 Å². The maximum absolute atomic E-state index is 4.53. The van der Waals surface area contributed by atoms with Crippen molar-refractivity contribution >= 4 is 17.4 Å². The molecule has 22 heavy (non-hydrogen) atoms. The van der Waals surface area contributed by atoms with Crippen LogP contribution in [0.1, 0.15) is 11.3 Å². The molecule has 3 rings (SSSR count). The van der Waals surface area contributed by atoms with Crippen LogP contribution >= 0.6 is 0 Å². The van der Waals surface area contributed by atoms with Gasteiger partial charge in [0.2, 0.25) is 5.95 Å². The number of aromatic nitrogens is 4. The molecule has 0 aliphatic carbocycles. The van der Waals surface area contributed by atoms with Gasteiger partial charge in [0.15, 0.2) is 0 Å². The minimum Gasteiger partial charge on any atom is -0.362 e. The van der Waals surface area contributed by atoms with Crippen LogP contribution in [0.25, 0.3) is 5.65 Å². The minimum atomic E-state index is 0.656. The standard InChI is InChI=1S/C16H20N6/c1-12-10-19-16(20-15(12)21(2)3)17-8-7-13-11-18-14-6-4-5-9-22(13)14/h4-6,9-11H,7-8H2,1-3H3,(H,17,19,20). The zero-order valence-electron chi connectivity index (χ0n) is 13.1. The normalized spacial score (nSPS) is 10.9. The number of nitrogens with one attached hydrogen (secondary N) is 1. The number of hydrogen-bond acceptors (Lipinski definition) is 5. The monoisotopic (exact) mass is 296 g/mol. The van der Waals surface area contributed by atoms with Crippen LogP contribution in [0.4, 0.5) is 11.8 Å². The maximum Gasteiger partial charge on any atom is 0.224 e. The molecule has 6 nitrogen and oxygen atoms in total.